The molecular weight excluding hydrogens is 228 g/mol. The summed E-state index contributed by atoms with van der Waals surface area (Å²) in [6, 6.07) is 1.74. The number of ether oxygens (including phenoxy) is 1. The molecule has 0 fully saturated rings. The number of furan rings is 1. The van der Waals surface area contributed by atoms with Gasteiger partial charge in [0.1, 0.15) is 17.1 Å². The second kappa shape index (κ2) is 7.04. The van der Waals surface area contributed by atoms with E-state index in [1.165, 1.54) is 31.9 Å². The van der Waals surface area contributed by atoms with Gasteiger partial charge in [0.05, 0.1) is 7.11 Å². The second-order valence-corrected chi connectivity index (χ2v) is 4.56. The van der Waals surface area contributed by atoms with Gasteiger partial charge in [-0.1, -0.05) is 25.3 Å². The lowest BCUT2D eigenvalue weighted by molar-refractivity contribution is 0.0599. The summed E-state index contributed by atoms with van der Waals surface area (Å²) in [5, 5.41) is 0. The molecule has 0 aliphatic carbocycles. The molecule has 0 amide bonds. The summed E-state index contributed by atoms with van der Waals surface area (Å²) < 4.78 is 10.2. The van der Waals surface area contributed by atoms with E-state index >= 15 is 0 Å². The van der Waals surface area contributed by atoms with E-state index in [-0.39, 0.29) is 5.97 Å². The maximum Gasteiger partial charge on any atom is 0.341 e. The number of allylic oxidation sites excluding steroid dienone is 1. The number of carbonyl (C=O) groups excluding carboxylic acids is 1. The maximum absolute atomic E-state index is 11.4. The van der Waals surface area contributed by atoms with Crippen LogP contribution in [-0.4, -0.2) is 13.1 Å². The minimum Gasteiger partial charge on any atom is -0.465 e. The highest BCUT2D eigenvalue weighted by atomic mass is 16.5. The summed E-state index contributed by atoms with van der Waals surface area (Å²) in [7, 11) is 1.38. The standard InChI is InChI=1S/C15H22O3/c1-5-6-7-8-11(2)9-13-10-14(12(3)18-13)15(16)17-4/h9-10H,5-8H2,1-4H3/b11-9+. The van der Waals surface area contributed by atoms with Crippen LogP contribution in [0.3, 0.4) is 0 Å². The van der Waals surface area contributed by atoms with E-state index in [4.69, 9.17) is 9.15 Å². The molecule has 0 N–H and O–H groups in total. The molecule has 3 nitrogen and oxygen atoms in total. The van der Waals surface area contributed by atoms with Crippen LogP contribution in [-0.2, 0) is 4.74 Å². The van der Waals surface area contributed by atoms with Gasteiger partial charge in [-0.2, -0.15) is 0 Å². The van der Waals surface area contributed by atoms with E-state index in [0.717, 1.165) is 12.2 Å². The molecule has 1 aromatic rings. The van der Waals surface area contributed by atoms with Crippen molar-refractivity contribution in [3.8, 4) is 0 Å². The van der Waals surface area contributed by atoms with Gasteiger partial charge in [0.25, 0.3) is 0 Å². The quantitative estimate of drug-likeness (QED) is 0.556. The van der Waals surface area contributed by atoms with E-state index in [2.05, 4.69) is 13.8 Å². The first-order valence-corrected chi connectivity index (χ1v) is 6.44. The number of unbranched alkanes of at least 4 members (excludes halogenated alkanes) is 2. The van der Waals surface area contributed by atoms with E-state index in [9.17, 15) is 4.79 Å². The van der Waals surface area contributed by atoms with E-state index < -0.39 is 0 Å². The summed E-state index contributed by atoms with van der Waals surface area (Å²) >= 11 is 0. The highest BCUT2D eigenvalue weighted by Crippen LogP contribution is 2.19. The molecule has 0 aliphatic rings. The molecule has 0 radical (unpaired) electrons. The van der Waals surface area contributed by atoms with Gasteiger partial charge in [-0.25, -0.2) is 4.79 Å². The van der Waals surface area contributed by atoms with Crippen molar-refractivity contribution in [1.29, 1.82) is 0 Å². The predicted molar refractivity (Wildman–Crippen MR) is 72.6 cm³/mol. The van der Waals surface area contributed by atoms with Crippen molar-refractivity contribution < 1.29 is 13.9 Å². The fraction of sp³-hybridized carbons (Fsp3) is 0.533. The molecule has 0 saturated heterocycles. The fourth-order valence-electron chi connectivity index (χ4n) is 1.86. The first-order valence-electron chi connectivity index (χ1n) is 6.44. The maximum atomic E-state index is 11.4. The Morgan fingerprint density at radius 3 is 2.78 bits per heavy atom. The van der Waals surface area contributed by atoms with Gasteiger partial charge >= 0.3 is 5.97 Å². The number of hydrogen-bond donors (Lipinski definition) is 0. The van der Waals surface area contributed by atoms with Crippen LogP contribution in [0.5, 0.6) is 0 Å². The van der Waals surface area contributed by atoms with Gasteiger partial charge in [-0.05, 0) is 38.8 Å². The Labute approximate surface area is 109 Å². The summed E-state index contributed by atoms with van der Waals surface area (Å²) in [4.78, 5) is 11.4. The van der Waals surface area contributed by atoms with E-state index in [1.807, 2.05) is 6.08 Å². The highest BCUT2D eigenvalue weighted by Gasteiger charge is 2.14. The number of hydrogen-bond acceptors (Lipinski definition) is 3. The van der Waals surface area contributed by atoms with Crippen LogP contribution in [0, 0.1) is 6.92 Å². The summed E-state index contributed by atoms with van der Waals surface area (Å²) in [6.07, 6.45) is 6.73. The summed E-state index contributed by atoms with van der Waals surface area (Å²) in [5.41, 5.74) is 1.78. The Hall–Kier alpha value is -1.51. The topological polar surface area (TPSA) is 39.4 Å². The molecule has 0 unspecified atom stereocenters. The molecule has 0 spiro atoms. The van der Waals surface area contributed by atoms with Crippen LogP contribution in [0.2, 0.25) is 0 Å². The van der Waals surface area contributed by atoms with E-state index in [0.29, 0.717) is 11.3 Å². The lowest BCUT2D eigenvalue weighted by atomic mass is 10.1. The van der Waals surface area contributed by atoms with Crippen LogP contribution in [0.1, 0.15) is 61.4 Å². The molecule has 1 aromatic heterocycles. The third kappa shape index (κ3) is 4.06. The zero-order chi connectivity index (χ0) is 13.5. The number of rotatable bonds is 6. The number of esters is 1. The van der Waals surface area contributed by atoms with Crippen molar-refractivity contribution >= 4 is 12.0 Å². The van der Waals surface area contributed by atoms with Crippen LogP contribution < -0.4 is 0 Å². The summed E-state index contributed by atoms with van der Waals surface area (Å²) in [5.74, 6) is 0.982. The first kappa shape index (κ1) is 14.6. The van der Waals surface area contributed by atoms with Crippen molar-refractivity contribution in [3.63, 3.8) is 0 Å². The molecular formula is C15H22O3. The Morgan fingerprint density at radius 1 is 1.44 bits per heavy atom. The number of aryl methyl sites for hydroxylation is 1. The Morgan fingerprint density at radius 2 is 2.17 bits per heavy atom. The van der Waals surface area contributed by atoms with E-state index in [1.54, 1.807) is 13.0 Å². The molecule has 0 bridgehead atoms. The van der Waals surface area contributed by atoms with Gasteiger partial charge < -0.3 is 9.15 Å². The molecule has 3 heteroatoms. The first-order chi connectivity index (χ1) is 8.58. The highest BCUT2D eigenvalue weighted by molar-refractivity contribution is 5.91. The molecule has 100 valence electrons. The Bertz CT molecular complexity index is 427. The second-order valence-electron chi connectivity index (χ2n) is 4.56. The molecule has 0 atom stereocenters. The monoisotopic (exact) mass is 250 g/mol. The van der Waals surface area contributed by atoms with Crippen LogP contribution in [0.4, 0.5) is 0 Å². The van der Waals surface area contributed by atoms with Crippen molar-refractivity contribution in [3.05, 3.63) is 28.7 Å². The van der Waals surface area contributed by atoms with Gasteiger partial charge in [-0.15, -0.1) is 0 Å². The predicted octanol–water partition coefficient (Wildman–Crippen LogP) is 4.36. The van der Waals surface area contributed by atoms with Gasteiger partial charge in [-0.3, -0.25) is 0 Å². The molecule has 1 heterocycles. The molecule has 0 saturated carbocycles. The SMILES string of the molecule is CCCCC/C(C)=C/c1cc(C(=O)OC)c(C)o1. The number of methoxy groups -OCH3 is 1. The number of carbonyl (C=O) groups is 1. The largest absolute Gasteiger partial charge is 0.465 e. The van der Waals surface area contributed by atoms with Gasteiger partial charge in [0.2, 0.25) is 0 Å². The zero-order valence-electron chi connectivity index (χ0n) is 11.7. The van der Waals surface area contributed by atoms with Crippen molar-refractivity contribution in [2.45, 2.75) is 46.5 Å². The average molecular weight is 250 g/mol. The molecule has 0 aliphatic heterocycles. The lowest BCUT2D eigenvalue weighted by Gasteiger charge is -1.98. The van der Waals surface area contributed by atoms with Crippen molar-refractivity contribution in [2.24, 2.45) is 0 Å². The Balaban J connectivity index is 2.73. The molecule has 18 heavy (non-hydrogen) atoms. The lowest BCUT2D eigenvalue weighted by Crippen LogP contribution is -2.00. The third-order valence-corrected chi connectivity index (χ3v) is 2.91. The minimum atomic E-state index is -0.348. The van der Waals surface area contributed by atoms with Crippen molar-refractivity contribution in [1.82, 2.24) is 0 Å². The normalized spacial score (nSPS) is 11.7. The van der Waals surface area contributed by atoms with Crippen LogP contribution in [0.15, 0.2) is 16.1 Å². The fourth-order valence-corrected chi connectivity index (χ4v) is 1.86. The summed E-state index contributed by atoms with van der Waals surface area (Å²) in [6.45, 7) is 6.05. The zero-order valence-corrected chi connectivity index (χ0v) is 11.7. The molecule has 0 aromatic carbocycles. The van der Waals surface area contributed by atoms with Crippen molar-refractivity contribution in [2.75, 3.05) is 7.11 Å². The van der Waals surface area contributed by atoms with Crippen LogP contribution >= 0.6 is 0 Å². The smallest absolute Gasteiger partial charge is 0.341 e. The third-order valence-electron chi connectivity index (χ3n) is 2.91. The van der Waals surface area contributed by atoms with Gasteiger partial charge in [0.15, 0.2) is 0 Å². The Kier molecular flexibility index (Phi) is 5.69. The van der Waals surface area contributed by atoms with Crippen LogP contribution in [0.25, 0.3) is 6.08 Å². The van der Waals surface area contributed by atoms with Gasteiger partial charge in [0, 0.05) is 0 Å². The molecule has 1 rings (SSSR count). The average Bonchev–Trinajstić information content (AvgIpc) is 2.69. The minimum absolute atomic E-state index is 0.348.